The number of carbonyl (C=O) groups is 1. The van der Waals surface area contributed by atoms with Crippen molar-refractivity contribution in [3.8, 4) is 0 Å². The molecular formula is C12H15NO3. The number of carbonyl (C=O) groups excluding carboxylic acids is 1. The summed E-state index contributed by atoms with van der Waals surface area (Å²) in [6.07, 6.45) is 0. The summed E-state index contributed by atoms with van der Waals surface area (Å²) < 4.78 is 4.67. The third kappa shape index (κ3) is 2.08. The van der Waals surface area contributed by atoms with Gasteiger partial charge in [-0.1, -0.05) is 30.3 Å². The molecule has 0 spiro atoms. The van der Waals surface area contributed by atoms with Gasteiger partial charge in [-0.3, -0.25) is 9.69 Å². The Bertz CT molecular complexity index is 366. The van der Waals surface area contributed by atoms with E-state index in [2.05, 4.69) is 4.74 Å². The summed E-state index contributed by atoms with van der Waals surface area (Å²) in [5, 5.41) is 9.37. The summed E-state index contributed by atoms with van der Waals surface area (Å²) in [6, 6.07) is 9.38. The smallest absolute Gasteiger partial charge is 0.324 e. The number of benzene rings is 1. The minimum atomic E-state index is -0.227. The van der Waals surface area contributed by atoms with Crippen molar-refractivity contribution >= 4 is 5.97 Å². The molecule has 1 aromatic rings. The number of hydrogen-bond donors (Lipinski definition) is 1. The Hall–Kier alpha value is -1.39. The highest BCUT2D eigenvalue weighted by molar-refractivity contribution is 5.79. The molecule has 0 radical (unpaired) electrons. The van der Waals surface area contributed by atoms with Crippen LogP contribution < -0.4 is 0 Å². The van der Waals surface area contributed by atoms with Gasteiger partial charge in [0.05, 0.1) is 19.8 Å². The first-order valence-corrected chi connectivity index (χ1v) is 5.27. The van der Waals surface area contributed by atoms with Gasteiger partial charge in [-0.2, -0.15) is 0 Å². The van der Waals surface area contributed by atoms with E-state index in [-0.39, 0.29) is 24.7 Å². The van der Waals surface area contributed by atoms with Crippen LogP contribution in [-0.2, 0) is 9.53 Å². The van der Waals surface area contributed by atoms with Gasteiger partial charge in [-0.15, -0.1) is 0 Å². The van der Waals surface area contributed by atoms with Crippen LogP contribution in [0.4, 0.5) is 0 Å². The molecule has 0 aliphatic carbocycles. The van der Waals surface area contributed by atoms with Crippen LogP contribution in [0.25, 0.3) is 0 Å². The molecule has 86 valence electrons. The Morgan fingerprint density at radius 1 is 1.56 bits per heavy atom. The molecule has 3 atom stereocenters. The molecule has 0 bridgehead atoms. The van der Waals surface area contributed by atoms with Gasteiger partial charge in [0, 0.05) is 6.54 Å². The van der Waals surface area contributed by atoms with Gasteiger partial charge in [-0.25, -0.2) is 0 Å². The van der Waals surface area contributed by atoms with Gasteiger partial charge in [0.25, 0.3) is 0 Å². The van der Waals surface area contributed by atoms with E-state index in [1.54, 1.807) is 0 Å². The van der Waals surface area contributed by atoms with Crippen molar-refractivity contribution in [2.24, 2.45) is 0 Å². The van der Waals surface area contributed by atoms with E-state index < -0.39 is 0 Å². The molecule has 1 aromatic carbocycles. The minimum Gasteiger partial charge on any atom is -0.468 e. The van der Waals surface area contributed by atoms with Gasteiger partial charge in [0.15, 0.2) is 0 Å². The van der Waals surface area contributed by atoms with Crippen molar-refractivity contribution < 1.29 is 14.6 Å². The Morgan fingerprint density at radius 3 is 2.81 bits per heavy atom. The van der Waals surface area contributed by atoms with Crippen LogP contribution in [0.3, 0.4) is 0 Å². The number of ether oxygens (including phenoxy) is 1. The molecule has 1 heterocycles. The van der Waals surface area contributed by atoms with Crippen molar-refractivity contribution in [3.05, 3.63) is 35.9 Å². The maximum atomic E-state index is 11.3. The zero-order chi connectivity index (χ0) is 11.5. The fraction of sp³-hybridized carbons (Fsp3) is 0.417. The van der Waals surface area contributed by atoms with Crippen LogP contribution in [0.15, 0.2) is 30.3 Å². The fourth-order valence-electron chi connectivity index (χ4n) is 1.92. The van der Waals surface area contributed by atoms with Crippen LogP contribution in [0.5, 0.6) is 0 Å². The first-order chi connectivity index (χ1) is 7.77. The lowest BCUT2D eigenvalue weighted by Gasteiger charge is -2.16. The monoisotopic (exact) mass is 221 g/mol. The molecular weight excluding hydrogens is 206 g/mol. The molecule has 16 heavy (non-hydrogen) atoms. The van der Waals surface area contributed by atoms with Gasteiger partial charge in [0.1, 0.15) is 6.04 Å². The van der Waals surface area contributed by atoms with Gasteiger partial charge < -0.3 is 9.84 Å². The van der Waals surface area contributed by atoms with E-state index in [0.29, 0.717) is 6.54 Å². The molecule has 1 N–H and O–H groups in total. The molecule has 2 rings (SSSR count). The summed E-state index contributed by atoms with van der Waals surface area (Å²) >= 11 is 0. The second-order valence-corrected chi connectivity index (χ2v) is 3.84. The Kier molecular flexibility index (Phi) is 3.22. The average Bonchev–Trinajstić information content (AvgIpc) is 3.11. The van der Waals surface area contributed by atoms with Crippen molar-refractivity contribution in [1.82, 2.24) is 4.90 Å². The molecule has 0 amide bonds. The third-order valence-electron chi connectivity index (χ3n) is 2.88. The normalized spacial score (nSPS) is 24.9. The second-order valence-electron chi connectivity index (χ2n) is 3.84. The molecule has 1 fully saturated rings. The first kappa shape index (κ1) is 11.1. The number of rotatable bonds is 4. The van der Waals surface area contributed by atoms with E-state index in [1.165, 1.54) is 7.11 Å². The highest BCUT2D eigenvalue weighted by Gasteiger charge is 2.45. The van der Waals surface area contributed by atoms with Crippen molar-refractivity contribution in [2.75, 3.05) is 20.3 Å². The average molecular weight is 221 g/mol. The van der Waals surface area contributed by atoms with Crippen LogP contribution in [0.2, 0.25) is 0 Å². The quantitative estimate of drug-likeness (QED) is 0.597. The highest BCUT2D eigenvalue weighted by Crippen LogP contribution is 2.32. The number of hydrogen-bond acceptors (Lipinski definition) is 4. The largest absolute Gasteiger partial charge is 0.468 e. The Labute approximate surface area is 94.4 Å². The van der Waals surface area contributed by atoms with E-state index in [9.17, 15) is 9.90 Å². The highest BCUT2D eigenvalue weighted by atomic mass is 16.5. The molecule has 1 saturated heterocycles. The van der Waals surface area contributed by atoms with E-state index in [0.717, 1.165) is 5.56 Å². The Morgan fingerprint density at radius 2 is 2.25 bits per heavy atom. The van der Waals surface area contributed by atoms with Crippen molar-refractivity contribution in [1.29, 1.82) is 0 Å². The van der Waals surface area contributed by atoms with Gasteiger partial charge in [-0.05, 0) is 5.56 Å². The molecule has 1 aliphatic heterocycles. The predicted octanol–water partition coefficient (Wildman–Crippen LogP) is 0.577. The number of aliphatic hydroxyl groups excluding tert-OH is 1. The molecule has 4 nitrogen and oxygen atoms in total. The molecule has 1 aliphatic rings. The van der Waals surface area contributed by atoms with E-state index in [4.69, 9.17) is 0 Å². The minimum absolute atomic E-state index is 0.0114. The second kappa shape index (κ2) is 4.63. The van der Waals surface area contributed by atoms with E-state index >= 15 is 0 Å². The maximum absolute atomic E-state index is 11.3. The molecule has 1 unspecified atom stereocenters. The number of methoxy groups -OCH3 is 1. The summed E-state index contributed by atoms with van der Waals surface area (Å²) in [4.78, 5) is 13.2. The SMILES string of the molecule is COC(=O)[C@@H]1CN1[C@@H](CO)c1ccccc1. The molecule has 0 saturated carbocycles. The molecule has 0 aromatic heterocycles. The van der Waals surface area contributed by atoms with Gasteiger partial charge in [0.2, 0.25) is 0 Å². The van der Waals surface area contributed by atoms with Crippen molar-refractivity contribution in [2.45, 2.75) is 12.1 Å². The summed E-state index contributed by atoms with van der Waals surface area (Å²) in [7, 11) is 1.38. The molecule has 4 heteroatoms. The van der Waals surface area contributed by atoms with Crippen LogP contribution in [-0.4, -0.2) is 42.3 Å². The summed E-state index contributed by atoms with van der Waals surface area (Å²) in [5.74, 6) is -0.227. The number of nitrogens with zero attached hydrogens (tertiary/aromatic N) is 1. The lowest BCUT2D eigenvalue weighted by Crippen LogP contribution is -2.21. The van der Waals surface area contributed by atoms with Crippen LogP contribution in [0, 0.1) is 0 Å². The van der Waals surface area contributed by atoms with E-state index in [1.807, 2.05) is 35.2 Å². The van der Waals surface area contributed by atoms with Crippen molar-refractivity contribution in [3.63, 3.8) is 0 Å². The van der Waals surface area contributed by atoms with Crippen LogP contribution in [0.1, 0.15) is 11.6 Å². The summed E-state index contributed by atoms with van der Waals surface area (Å²) in [5.41, 5.74) is 1.02. The zero-order valence-electron chi connectivity index (χ0n) is 9.17. The zero-order valence-corrected chi connectivity index (χ0v) is 9.17. The predicted molar refractivity (Wildman–Crippen MR) is 58.8 cm³/mol. The standard InChI is InChI=1S/C12H15NO3/c1-16-12(15)10-7-13(10)11(8-14)9-5-3-2-4-6-9/h2-6,10-11,14H,7-8H2,1H3/t10-,11-,13?/m0/s1. The number of esters is 1. The third-order valence-corrected chi connectivity index (χ3v) is 2.88. The first-order valence-electron chi connectivity index (χ1n) is 5.27. The van der Waals surface area contributed by atoms with Crippen LogP contribution >= 0.6 is 0 Å². The number of aliphatic hydroxyl groups is 1. The Balaban J connectivity index is 2.06. The summed E-state index contributed by atoms with van der Waals surface area (Å²) in [6.45, 7) is 0.671. The van der Waals surface area contributed by atoms with Gasteiger partial charge >= 0.3 is 5.97 Å². The lowest BCUT2D eigenvalue weighted by atomic mass is 10.1. The lowest BCUT2D eigenvalue weighted by molar-refractivity contribution is -0.141. The maximum Gasteiger partial charge on any atom is 0.324 e. The fourth-order valence-corrected chi connectivity index (χ4v) is 1.92. The topological polar surface area (TPSA) is 49.5 Å².